The zero-order chi connectivity index (χ0) is 13.1. The number of piperidine rings is 1. The van der Waals surface area contributed by atoms with Crippen molar-refractivity contribution in [2.24, 2.45) is 5.92 Å². The molecule has 1 aliphatic heterocycles. The highest BCUT2D eigenvalue weighted by molar-refractivity contribution is 5.82. The molecule has 2 aliphatic rings. The van der Waals surface area contributed by atoms with Gasteiger partial charge in [-0.3, -0.25) is 4.79 Å². The third-order valence-corrected chi connectivity index (χ3v) is 4.21. The number of amides is 2. The number of hydrogen-bond donors (Lipinski definition) is 2. The molecule has 18 heavy (non-hydrogen) atoms. The summed E-state index contributed by atoms with van der Waals surface area (Å²) in [6.45, 7) is 2.27. The second-order valence-corrected chi connectivity index (χ2v) is 5.46. The van der Waals surface area contributed by atoms with Gasteiger partial charge in [-0.25, -0.2) is 4.79 Å². The fourth-order valence-corrected chi connectivity index (χ4v) is 3.21. The zero-order valence-corrected chi connectivity index (χ0v) is 10.9. The van der Waals surface area contributed by atoms with Crippen molar-refractivity contribution in [3.05, 3.63) is 0 Å². The highest BCUT2D eigenvalue weighted by Crippen LogP contribution is 2.35. The Labute approximate surface area is 108 Å². The summed E-state index contributed by atoms with van der Waals surface area (Å²) < 4.78 is 0. The minimum absolute atomic E-state index is 0.207. The number of carboxylic acid groups (broad SMARTS) is 1. The van der Waals surface area contributed by atoms with Gasteiger partial charge in [0, 0.05) is 12.6 Å². The van der Waals surface area contributed by atoms with E-state index >= 15 is 0 Å². The lowest BCUT2D eigenvalue weighted by molar-refractivity contribution is -0.138. The van der Waals surface area contributed by atoms with Crippen LogP contribution < -0.4 is 5.32 Å². The van der Waals surface area contributed by atoms with E-state index in [2.05, 4.69) is 5.32 Å². The van der Waals surface area contributed by atoms with Gasteiger partial charge < -0.3 is 15.3 Å². The first-order chi connectivity index (χ1) is 8.59. The molecule has 1 aliphatic carbocycles. The van der Waals surface area contributed by atoms with Crippen LogP contribution in [-0.2, 0) is 4.79 Å². The molecule has 102 valence electrons. The van der Waals surface area contributed by atoms with Crippen molar-refractivity contribution < 1.29 is 14.7 Å². The van der Waals surface area contributed by atoms with Gasteiger partial charge in [-0.15, -0.1) is 0 Å². The quantitative estimate of drug-likeness (QED) is 0.789. The lowest BCUT2D eigenvalue weighted by Crippen LogP contribution is -2.55. The number of urea groups is 1. The number of nitrogens with zero attached hydrogens (tertiary/aromatic N) is 1. The number of carbonyl (C=O) groups is 2. The van der Waals surface area contributed by atoms with Gasteiger partial charge in [-0.1, -0.05) is 12.8 Å². The van der Waals surface area contributed by atoms with Gasteiger partial charge in [-0.2, -0.15) is 0 Å². The van der Waals surface area contributed by atoms with Crippen LogP contribution in [0.1, 0.15) is 45.4 Å². The lowest BCUT2D eigenvalue weighted by Gasteiger charge is -2.44. The third-order valence-electron chi connectivity index (χ3n) is 4.21. The summed E-state index contributed by atoms with van der Waals surface area (Å²) >= 11 is 0. The van der Waals surface area contributed by atoms with E-state index in [1.54, 1.807) is 0 Å². The average molecular weight is 254 g/mol. The molecule has 5 heteroatoms. The van der Waals surface area contributed by atoms with Crippen LogP contribution in [0.2, 0.25) is 0 Å². The Balaban J connectivity index is 1.97. The molecule has 0 bridgehead atoms. The lowest BCUT2D eigenvalue weighted by atomic mass is 9.78. The van der Waals surface area contributed by atoms with Crippen LogP contribution in [0.5, 0.6) is 0 Å². The molecular formula is C13H22N2O3. The largest absolute Gasteiger partial charge is 0.480 e. The Morgan fingerprint density at radius 2 is 1.89 bits per heavy atom. The predicted molar refractivity (Wildman–Crippen MR) is 67.3 cm³/mol. The fourth-order valence-electron chi connectivity index (χ4n) is 3.21. The van der Waals surface area contributed by atoms with Crippen molar-refractivity contribution >= 4 is 12.0 Å². The molecule has 2 amide bonds. The molecule has 3 atom stereocenters. The first-order valence-corrected chi connectivity index (χ1v) is 6.89. The standard InChI is InChI=1S/C13H22N2O3/c1-9(12(16)17)14-13(18)15-8-4-6-10-5-2-3-7-11(10)15/h9-11H,2-8H2,1H3,(H,14,18)(H,16,17)/t9-,10+,11+/m0/s1. The smallest absolute Gasteiger partial charge is 0.325 e. The summed E-state index contributed by atoms with van der Waals surface area (Å²) in [6, 6.07) is -0.698. The first-order valence-electron chi connectivity index (χ1n) is 6.89. The molecule has 2 fully saturated rings. The van der Waals surface area contributed by atoms with Gasteiger partial charge in [0.2, 0.25) is 0 Å². The third kappa shape index (κ3) is 2.76. The van der Waals surface area contributed by atoms with Gasteiger partial charge in [0.05, 0.1) is 0 Å². The average Bonchev–Trinajstić information content (AvgIpc) is 2.37. The summed E-state index contributed by atoms with van der Waals surface area (Å²) in [5.41, 5.74) is 0. The Morgan fingerprint density at radius 3 is 2.61 bits per heavy atom. The number of carbonyl (C=O) groups excluding carboxylic acids is 1. The van der Waals surface area contributed by atoms with Gasteiger partial charge >= 0.3 is 12.0 Å². The summed E-state index contributed by atoms with van der Waals surface area (Å²) in [5, 5.41) is 11.4. The Kier molecular flexibility index (Phi) is 4.09. The van der Waals surface area contributed by atoms with Crippen molar-refractivity contribution in [3.8, 4) is 0 Å². The number of carboxylic acids is 1. The van der Waals surface area contributed by atoms with E-state index < -0.39 is 12.0 Å². The Hall–Kier alpha value is -1.26. The number of nitrogens with one attached hydrogen (secondary N) is 1. The van der Waals surface area contributed by atoms with Crippen LogP contribution in [-0.4, -0.2) is 40.6 Å². The summed E-state index contributed by atoms with van der Waals surface area (Å²) in [5.74, 6) is -0.362. The van der Waals surface area contributed by atoms with E-state index in [0.717, 1.165) is 19.4 Å². The van der Waals surface area contributed by atoms with Crippen molar-refractivity contribution in [2.45, 2.75) is 57.5 Å². The topological polar surface area (TPSA) is 69.6 Å². The molecule has 0 radical (unpaired) electrons. The number of hydrogen-bond acceptors (Lipinski definition) is 2. The molecular weight excluding hydrogens is 232 g/mol. The summed E-state index contributed by atoms with van der Waals surface area (Å²) in [4.78, 5) is 24.8. The molecule has 0 unspecified atom stereocenters. The maximum Gasteiger partial charge on any atom is 0.325 e. The molecule has 0 aromatic carbocycles. The van der Waals surface area contributed by atoms with E-state index in [0.29, 0.717) is 12.0 Å². The van der Waals surface area contributed by atoms with Crippen LogP contribution in [0.25, 0.3) is 0 Å². The number of aliphatic carboxylic acids is 1. The maximum absolute atomic E-state index is 12.1. The molecule has 2 N–H and O–H groups in total. The molecule has 1 saturated heterocycles. The van der Waals surface area contributed by atoms with Crippen molar-refractivity contribution in [1.29, 1.82) is 0 Å². The number of fused-ring (bicyclic) bond motifs is 1. The molecule has 0 spiro atoms. The minimum Gasteiger partial charge on any atom is -0.480 e. The molecule has 0 aromatic rings. The molecule has 0 aromatic heterocycles. The maximum atomic E-state index is 12.1. The van der Waals surface area contributed by atoms with Crippen LogP contribution in [0.15, 0.2) is 0 Å². The monoisotopic (exact) mass is 254 g/mol. The number of likely N-dealkylation sites (tertiary alicyclic amines) is 1. The van der Waals surface area contributed by atoms with E-state index in [4.69, 9.17) is 5.11 Å². The van der Waals surface area contributed by atoms with Crippen molar-refractivity contribution in [2.75, 3.05) is 6.54 Å². The fraction of sp³-hybridized carbons (Fsp3) is 0.846. The van der Waals surface area contributed by atoms with Gasteiger partial charge in [0.1, 0.15) is 6.04 Å². The van der Waals surface area contributed by atoms with Gasteiger partial charge in [-0.05, 0) is 38.5 Å². The summed E-state index contributed by atoms with van der Waals surface area (Å²) in [7, 11) is 0. The van der Waals surface area contributed by atoms with E-state index in [1.165, 1.54) is 32.6 Å². The van der Waals surface area contributed by atoms with Crippen LogP contribution in [0, 0.1) is 5.92 Å². The molecule has 5 nitrogen and oxygen atoms in total. The second-order valence-electron chi connectivity index (χ2n) is 5.46. The minimum atomic E-state index is -0.986. The number of rotatable bonds is 2. The molecule has 1 saturated carbocycles. The van der Waals surface area contributed by atoms with Gasteiger partial charge in [0.15, 0.2) is 0 Å². The second kappa shape index (κ2) is 5.59. The van der Waals surface area contributed by atoms with Crippen LogP contribution in [0.3, 0.4) is 0 Å². The van der Waals surface area contributed by atoms with Crippen molar-refractivity contribution in [3.63, 3.8) is 0 Å². The molecule has 1 heterocycles. The van der Waals surface area contributed by atoms with E-state index in [9.17, 15) is 9.59 Å². The molecule has 2 rings (SSSR count). The van der Waals surface area contributed by atoms with E-state index in [-0.39, 0.29) is 6.03 Å². The normalized spacial score (nSPS) is 29.3. The predicted octanol–water partition coefficient (Wildman–Crippen LogP) is 1.82. The Morgan fingerprint density at radius 1 is 1.22 bits per heavy atom. The highest BCUT2D eigenvalue weighted by Gasteiger charge is 2.36. The SMILES string of the molecule is C[C@H](NC(=O)N1CCC[C@H]2CCCC[C@H]21)C(=O)O. The van der Waals surface area contributed by atoms with Crippen LogP contribution in [0.4, 0.5) is 4.79 Å². The van der Waals surface area contributed by atoms with Gasteiger partial charge in [0.25, 0.3) is 0 Å². The van der Waals surface area contributed by atoms with E-state index in [1.807, 2.05) is 4.90 Å². The highest BCUT2D eigenvalue weighted by atomic mass is 16.4. The van der Waals surface area contributed by atoms with Crippen molar-refractivity contribution in [1.82, 2.24) is 10.2 Å². The Bertz CT molecular complexity index is 330. The van der Waals surface area contributed by atoms with Crippen LogP contribution >= 0.6 is 0 Å². The summed E-state index contributed by atoms with van der Waals surface area (Å²) in [6.07, 6.45) is 6.98. The zero-order valence-electron chi connectivity index (χ0n) is 10.9. The first kappa shape index (κ1) is 13.2.